The first-order valence-corrected chi connectivity index (χ1v) is 21.0. The highest BCUT2D eigenvalue weighted by molar-refractivity contribution is 6.21. The number of fused-ring (bicyclic) bond motifs is 8. The van der Waals surface area contributed by atoms with E-state index >= 15 is 0 Å². The molecule has 3 nitrogen and oxygen atoms in total. The van der Waals surface area contributed by atoms with Crippen molar-refractivity contribution in [2.24, 2.45) is 0 Å². The lowest BCUT2D eigenvalue weighted by Crippen LogP contribution is -2.16. The molecule has 286 valence electrons. The Kier molecular flexibility index (Phi) is 7.88. The van der Waals surface area contributed by atoms with E-state index in [1.54, 1.807) is 0 Å². The molecule has 0 fully saturated rings. The van der Waals surface area contributed by atoms with Gasteiger partial charge in [-0.1, -0.05) is 208 Å². The van der Waals surface area contributed by atoms with Crippen LogP contribution in [0.15, 0.2) is 200 Å². The van der Waals surface area contributed by atoms with Gasteiger partial charge < -0.3 is 0 Å². The first-order valence-electron chi connectivity index (χ1n) is 21.0. The normalized spacial score (nSPS) is 12.9. The fourth-order valence-corrected chi connectivity index (χ4v) is 10.0. The van der Waals surface area contributed by atoms with E-state index < -0.39 is 0 Å². The van der Waals surface area contributed by atoms with Crippen molar-refractivity contribution in [3.63, 3.8) is 0 Å². The van der Waals surface area contributed by atoms with Crippen molar-refractivity contribution in [3.05, 3.63) is 211 Å². The predicted octanol–water partition coefficient (Wildman–Crippen LogP) is 15.1. The molecule has 3 heteroatoms. The summed E-state index contributed by atoms with van der Waals surface area (Å²) in [5.41, 5.74) is 15.5. The highest BCUT2D eigenvalue weighted by Gasteiger charge is 2.39. The summed E-state index contributed by atoms with van der Waals surface area (Å²) in [5.74, 6) is 0.712. The molecule has 1 aliphatic rings. The summed E-state index contributed by atoms with van der Waals surface area (Å²) in [6.45, 7) is 4.71. The summed E-state index contributed by atoms with van der Waals surface area (Å²) < 4.78 is 0. The summed E-state index contributed by atoms with van der Waals surface area (Å²) >= 11 is 0. The molecule has 0 atom stereocenters. The van der Waals surface area contributed by atoms with Gasteiger partial charge in [0.25, 0.3) is 0 Å². The van der Waals surface area contributed by atoms with Crippen molar-refractivity contribution in [1.82, 2.24) is 15.0 Å². The molecule has 0 radical (unpaired) electrons. The van der Waals surface area contributed by atoms with E-state index in [4.69, 9.17) is 15.0 Å². The van der Waals surface area contributed by atoms with Crippen LogP contribution < -0.4 is 0 Å². The summed E-state index contributed by atoms with van der Waals surface area (Å²) in [6, 6.07) is 71.7. The number of hydrogen-bond donors (Lipinski definition) is 0. The zero-order chi connectivity index (χ0) is 40.7. The second kappa shape index (κ2) is 13.7. The molecule has 2 heterocycles. The minimum absolute atomic E-state index is 0.227. The second-order valence-electron chi connectivity index (χ2n) is 16.7. The Bertz CT molecular complexity index is 3420. The molecule has 0 bridgehead atoms. The Balaban J connectivity index is 1.08. The summed E-state index contributed by atoms with van der Waals surface area (Å²) in [7, 11) is 0. The average molecular weight is 778 g/mol. The Morgan fingerprint density at radius 2 is 0.852 bits per heavy atom. The van der Waals surface area contributed by atoms with Crippen molar-refractivity contribution in [1.29, 1.82) is 0 Å². The topological polar surface area (TPSA) is 38.7 Å². The highest BCUT2D eigenvalue weighted by Crippen LogP contribution is 2.54. The summed E-state index contributed by atoms with van der Waals surface area (Å²) in [4.78, 5) is 16.2. The van der Waals surface area contributed by atoms with Gasteiger partial charge in [0.2, 0.25) is 0 Å². The minimum atomic E-state index is -0.227. The molecule has 2 aromatic heterocycles. The standard InChI is InChI=1S/C58H39N3/c1-58(2)48-28-16-15-27-46(48)56-54(58)52(47-34-33-36-17-9-10-22-41(36)55(47)61-56)40-31-29-39(30-32-40)51-42-23-11-13-25-44(42)53(45-26-14-12-24-43(45)51)57-59-49(37-18-5-3-6-19-37)35-50(60-57)38-20-7-4-8-21-38/h3-35H,1-2H3. The lowest BCUT2D eigenvalue weighted by atomic mass is 9.78. The third-order valence-electron chi connectivity index (χ3n) is 12.8. The van der Waals surface area contributed by atoms with Crippen molar-refractivity contribution in [2.45, 2.75) is 19.3 Å². The molecular formula is C58H39N3. The monoisotopic (exact) mass is 777 g/mol. The fourth-order valence-electron chi connectivity index (χ4n) is 10.0. The van der Waals surface area contributed by atoms with Gasteiger partial charge in [-0.2, -0.15) is 0 Å². The molecule has 9 aromatic carbocycles. The molecule has 0 N–H and O–H groups in total. The Morgan fingerprint density at radius 3 is 1.46 bits per heavy atom. The number of aromatic nitrogens is 3. The van der Waals surface area contributed by atoms with Crippen molar-refractivity contribution < 1.29 is 0 Å². The maximum absolute atomic E-state index is 5.51. The van der Waals surface area contributed by atoms with Crippen LogP contribution in [0.1, 0.15) is 25.0 Å². The van der Waals surface area contributed by atoms with Crippen molar-refractivity contribution in [2.75, 3.05) is 0 Å². The largest absolute Gasteiger partial charge is 0.247 e. The van der Waals surface area contributed by atoms with Gasteiger partial charge >= 0.3 is 0 Å². The third kappa shape index (κ3) is 5.47. The van der Waals surface area contributed by atoms with E-state index in [0.717, 1.165) is 66.4 Å². The molecule has 0 saturated heterocycles. The first kappa shape index (κ1) is 35.2. The molecule has 0 saturated carbocycles. The third-order valence-corrected chi connectivity index (χ3v) is 12.8. The molecule has 61 heavy (non-hydrogen) atoms. The number of nitrogens with zero attached hydrogens (tertiary/aromatic N) is 3. The first-order chi connectivity index (χ1) is 30.0. The molecule has 0 amide bonds. The van der Waals surface area contributed by atoms with E-state index in [2.05, 4.69) is 202 Å². The van der Waals surface area contributed by atoms with Crippen molar-refractivity contribution in [3.8, 4) is 67.4 Å². The van der Waals surface area contributed by atoms with Crippen LogP contribution in [0.3, 0.4) is 0 Å². The quantitative estimate of drug-likeness (QED) is 0.129. The van der Waals surface area contributed by atoms with Crippen LogP contribution in [0.4, 0.5) is 0 Å². The Labute approximate surface area is 354 Å². The fraction of sp³-hybridized carbons (Fsp3) is 0.0517. The molecular weight excluding hydrogens is 739 g/mol. The molecule has 1 aliphatic carbocycles. The van der Waals surface area contributed by atoms with Gasteiger partial charge in [-0.25, -0.2) is 15.0 Å². The number of hydrogen-bond acceptors (Lipinski definition) is 3. The SMILES string of the molecule is CC1(C)c2ccccc2-c2nc3c(ccc4ccccc43)c(-c3ccc(-c4c5ccccc5c(-c5nc(-c6ccccc6)cc(-c6ccccc6)n5)c5ccccc45)cc3)c21. The van der Waals surface area contributed by atoms with E-state index in [9.17, 15) is 0 Å². The van der Waals surface area contributed by atoms with Gasteiger partial charge in [0.15, 0.2) is 5.82 Å². The maximum atomic E-state index is 5.51. The van der Waals surface area contributed by atoms with Gasteiger partial charge in [-0.3, -0.25) is 0 Å². The number of pyridine rings is 1. The van der Waals surface area contributed by atoms with Crippen LogP contribution in [-0.2, 0) is 5.41 Å². The van der Waals surface area contributed by atoms with Gasteiger partial charge in [-0.05, 0) is 66.4 Å². The summed E-state index contributed by atoms with van der Waals surface area (Å²) in [5, 5.41) is 8.12. The van der Waals surface area contributed by atoms with Gasteiger partial charge in [0.1, 0.15) is 0 Å². The Hall–Kier alpha value is -7.75. The number of rotatable bonds is 5. The maximum Gasteiger partial charge on any atom is 0.161 e. The van der Waals surface area contributed by atoms with E-state index in [0.29, 0.717) is 5.82 Å². The summed E-state index contributed by atoms with van der Waals surface area (Å²) in [6.07, 6.45) is 0. The molecule has 11 aromatic rings. The van der Waals surface area contributed by atoms with Gasteiger partial charge in [0.05, 0.1) is 22.6 Å². The van der Waals surface area contributed by atoms with Crippen LogP contribution in [0, 0.1) is 0 Å². The average Bonchev–Trinajstić information content (AvgIpc) is 3.55. The number of benzene rings is 9. The van der Waals surface area contributed by atoms with E-state index in [1.807, 2.05) is 12.1 Å². The smallest absolute Gasteiger partial charge is 0.161 e. The van der Waals surface area contributed by atoms with Crippen LogP contribution >= 0.6 is 0 Å². The van der Waals surface area contributed by atoms with Crippen LogP contribution in [-0.4, -0.2) is 15.0 Å². The molecule has 0 aliphatic heterocycles. The Morgan fingerprint density at radius 1 is 0.361 bits per heavy atom. The molecule has 12 rings (SSSR count). The van der Waals surface area contributed by atoms with E-state index in [1.165, 1.54) is 49.5 Å². The lowest BCUT2D eigenvalue weighted by molar-refractivity contribution is 0.662. The van der Waals surface area contributed by atoms with Gasteiger partial charge in [0, 0.05) is 38.4 Å². The van der Waals surface area contributed by atoms with Crippen LogP contribution in [0.2, 0.25) is 0 Å². The van der Waals surface area contributed by atoms with Crippen molar-refractivity contribution >= 4 is 43.2 Å². The second-order valence-corrected chi connectivity index (χ2v) is 16.7. The van der Waals surface area contributed by atoms with Crippen LogP contribution in [0.25, 0.3) is 111 Å². The zero-order valence-corrected chi connectivity index (χ0v) is 33.9. The van der Waals surface area contributed by atoms with Gasteiger partial charge in [-0.15, -0.1) is 0 Å². The predicted molar refractivity (Wildman–Crippen MR) is 255 cm³/mol. The molecule has 0 unspecified atom stereocenters. The zero-order valence-electron chi connectivity index (χ0n) is 33.9. The highest BCUT2D eigenvalue weighted by atomic mass is 14.9. The lowest BCUT2D eigenvalue weighted by Gasteiger charge is -2.25. The minimum Gasteiger partial charge on any atom is -0.247 e. The van der Waals surface area contributed by atoms with E-state index in [-0.39, 0.29) is 5.41 Å². The van der Waals surface area contributed by atoms with Crippen LogP contribution in [0.5, 0.6) is 0 Å². The molecule has 0 spiro atoms.